The summed E-state index contributed by atoms with van der Waals surface area (Å²) in [5.74, 6) is 1.16. The Morgan fingerprint density at radius 3 is 0.918 bits per heavy atom. The molecule has 4 amide bonds. The first kappa shape index (κ1) is 31.8. The minimum Gasteiger partial charge on any atom is -0.457 e. The highest BCUT2D eigenvalue weighted by Crippen LogP contribution is 2.26. The summed E-state index contributed by atoms with van der Waals surface area (Å²) in [6.07, 6.45) is 0. The molecule has 240 valence electrons. The summed E-state index contributed by atoms with van der Waals surface area (Å²) in [5.41, 5.74) is 5.27. The van der Waals surface area contributed by atoms with Crippen LogP contribution >= 0.6 is 0 Å². The standard InChI is InChI=1S/C38H30N8O3/c47-37(39-27-11-15-33(16-12-27)45-43-31-7-3-1-4-8-31)41-29-19-23-35(24-20-29)49-36-25-21-30(22-26-36)42-38(48)40-28-13-17-34(18-14-28)46-44-32-9-5-2-6-10-32/h1-26H,(H2,39,41,47)(H2,40,42,48). The number of benzene rings is 6. The molecular weight excluding hydrogens is 616 g/mol. The summed E-state index contributed by atoms with van der Waals surface area (Å²) >= 11 is 0. The Hall–Kier alpha value is -7.14. The van der Waals surface area contributed by atoms with Crippen LogP contribution in [0.15, 0.2) is 178 Å². The number of hydrogen-bond donors (Lipinski definition) is 4. The molecule has 0 heterocycles. The van der Waals surface area contributed by atoms with E-state index in [0.717, 1.165) is 11.4 Å². The number of ether oxygens (including phenoxy) is 1. The van der Waals surface area contributed by atoms with Gasteiger partial charge in [0.05, 0.1) is 22.7 Å². The van der Waals surface area contributed by atoms with Crippen molar-refractivity contribution in [1.82, 2.24) is 0 Å². The molecule has 11 heteroatoms. The molecule has 6 aromatic rings. The zero-order valence-corrected chi connectivity index (χ0v) is 26.0. The first-order chi connectivity index (χ1) is 24.0. The van der Waals surface area contributed by atoms with E-state index >= 15 is 0 Å². The largest absolute Gasteiger partial charge is 0.457 e. The molecule has 0 saturated heterocycles. The van der Waals surface area contributed by atoms with Crippen LogP contribution in [-0.4, -0.2) is 12.1 Å². The normalized spacial score (nSPS) is 10.9. The van der Waals surface area contributed by atoms with Gasteiger partial charge in [-0.25, -0.2) is 9.59 Å². The van der Waals surface area contributed by atoms with Gasteiger partial charge in [0.1, 0.15) is 11.5 Å². The topological polar surface area (TPSA) is 141 Å². The third-order valence-electron chi connectivity index (χ3n) is 6.78. The Balaban J connectivity index is 0.932. The van der Waals surface area contributed by atoms with Crippen molar-refractivity contribution in [3.63, 3.8) is 0 Å². The molecular formula is C38H30N8O3. The number of carbonyl (C=O) groups is 2. The van der Waals surface area contributed by atoms with Crippen LogP contribution in [0.25, 0.3) is 0 Å². The summed E-state index contributed by atoms with van der Waals surface area (Å²) < 4.78 is 5.92. The van der Waals surface area contributed by atoms with Crippen molar-refractivity contribution >= 4 is 57.6 Å². The summed E-state index contributed by atoms with van der Waals surface area (Å²) in [7, 11) is 0. The number of anilines is 4. The maximum atomic E-state index is 12.5. The SMILES string of the molecule is O=C(Nc1ccc(N=Nc2ccccc2)cc1)Nc1ccc(Oc2ccc(NC(=O)Nc3ccc(N=Nc4ccccc4)cc3)cc2)cc1. The highest BCUT2D eigenvalue weighted by atomic mass is 16.5. The van der Waals surface area contributed by atoms with Gasteiger partial charge in [-0.15, -0.1) is 0 Å². The first-order valence-electron chi connectivity index (χ1n) is 15.2. The van der Waals surface area contributed by atoms with E-state index in [2.05, 4.69) is 41.7 Å². The number of azo groups is 2. The lowest BCUT2D eigenvalue weighted by Crippen LogP contribution is -2.19. The molecule has 0 aliphatic rings. The maximum Gasteiger partial charge on any atom is 0.323 e. The van der Waals surface area contributed by atoms with Gasteiger partial charge < -0.3 is 26.0 Å². The molecule has 0 atom stereocenters. The van der Waals surface area contributed by atoms with E-state index in [0.29, 0.717) is 45.6 Å². The van der Waals surface area contributed by atoms with Crippen LogP contribution in [-0.2, 0) is 0 Å². The van der Waals surface area contributed by atoms with Crippen LogP contribution in [0.2, 0.25) is 0 Å². The Bertz CT molecular complexity index is 1880. The molecule has 0 radical (unpaired) electrons. The van der Waals surface area contributed by atoms with Crippen LogP contribution < -0.4 is 26.0 Å². The van der Waals surface area contributed by atoms with Crippen LogP contribution in [0.5, 0.6) is 11.5 Å². The number of nitrogens with zero attached hydrogens (tertiary/aromatic N) is 4. The number of hydrogen-bond acceptors (Lipinski definition) is 7. The molecule has 0 bridgehead atoms. The fraction of sp³-hybridized carbons (Fsp3) is 0. The van der Waals surface area contributed by atoms with E-state index < -0.39 is 0 Å². The molecule has 6 rings (SSSR count). The van der Waals surface area contributed by atoms with Crippen molar-refractivity contribution in [2.75, 3.05) is 21.3 Å². The predicted octanol–water partition coefficient (Wildman–Crippen LogP) is 11.6. The first-order valence-corrected chi connectivity index (χ1v) is 15.2. The molecule has 0 aliphatic carbocycles. The lowest BCUT2D eigenvalue weighted by molar-refractivity contribution is 0.261. The van der Waals surface area contributed by atoms with Crippen LogP contribution in [0.4, 0.5) is 55.1 Å². The number of amides is 4. The zero-order valence-electron chi connectivity index (χ0n) is 26.0. The highest BCUT2D eigenvalue weighted by Gasteiger charge is 2.06. The number of nitrogens with one attached hydrogen (secondary N) is 4. The molecule has 0 fully saturated rings. The monoisotopic (exact) mass is 646 g/mol. The average molecular weight is 647 g/mol. The molecule has 6 aromatic carbocycles. The Morgan fingerprint density at radius 1 is 0.347 bits per heavy atom. The summed E-state index contributed by atoms with van der Waals surface area (Å²) in [6.45, 7) is 0. The van der Waals surface area contributed by atoms with Gasteiger partial charge in [0.15, 0.2) is 0 Å². The Kier molecular flexibility index (Phi) is 10.3. The molecule has 49 heavy (non-hydrogen) atoms. The van der Waals surface area contributed by atoms with Gasteiger partial charge in [-0.1, -0.05) is 36.4 Å². The van der Waals surface area contributed by atoms with Gasteiger partial charge in [0.2, 0.25) is 0 Å². The predicted molar refractivity (Wildman–Crippen MR) is 192 cm³/mol. The quantitative estimate of drug-likeness (QED) is 0.110. The number of urea groups is 2. The van der Waals surface area contributed by atoms with Crippen molar-refractivity contribution in [2.24, 2.45) is 20.5 Å². The van der Waals surface area contributed by atoms with E-state index in [4.69, 9.17) is 4.74 Å². The van der Waals surface area contributed by atoms with Gasteiger partial charge in [0.25, 0.3) is 0 Å². The van der Waals surface area contributed by atoms with Gasteiger partial charge in [-0.05, 0) is 121 Å². The fourth-order valence-electron chi connectivity index (χ4n) is 4.38. The van der Waals surface area contributed by atoms with Crippen molar-refractivity contribution in [3.05, 3.63) is 158 Å². The second-order valence-corrected chi connectivity index (χ2v) is 10.5. The van der Waals surface area contributed by atoms with E-state index in [1.807, 2.05) is 60.7 Å². The smallest absolute Gasteiger partial charge is 0.323 e. The molecule has 0 spiro atoms. The summed E-state index contributed by atoms with van der Waals surface area (Å²) in [4.78, 5) is 25.0. The van der Waals surface area contributed by atoms with Gasteiger partial charge >= 0.3 is 12.1 Å². The van der Waals surface area contributed by atoms with E-state index in [1.165, 1.54) is 0 Å². The Morgan fingerprint density at radius 2 is 0.612 bits per heavy atom. The molecule has 0 aromatic heterocycles. The summed E-state index contributed by atoms with van der Waals surface area (Å²) in [6, 6.07) is 46.2. The third kappa shape index (κ3) is 9.92. The van der Waals surface area contributed by atoms with Crippen LogP contribution in [0.3, 0.4) is 0 Å². The molecule has 11 nitrogen and oxygen atoms in total. The highest BCUT2D eigenvalue weighted by molar-refractivity contribution is 6.00. The second-order valence-electron chi connectivity index (χ2n) is 10.5. The maximum absolute atomic E-state index is 12.5. The average Bonchev–Trinajstić information content (AvgIpc) is 3.13. The van der Waals surface area contributed by atoms with Gasteiger partial charge in [-0.3, -0.25) is 0 Å². The lowest BCUT2D eigenvalue weighted by atomic mass is 10.2. The van der Waals surface area contributed by atoms with Crippen molar-refractivity contribution in [3.8, 4) is 11.5 Å². The van der Waals surface area contributed by atoms with Crippen LogP contribution in [0, 0.1) is 0 Å². The van der Waals surface area contributed by atoms with Crippen molar-refractivity contribution < 1.29 is 14.3 Å². The molecule has 0 unspecified atom stereocenters. The van der Waals surface area contributed by atoms with Gasteiger partial charge in [-0.2, -0.15) is 20.5 Å². The molecule has 4 N–H and O–H groups in total. The van der Waals surface area contributed by atoms with E-state index in [1.54, 1.807) is 97.1 Å². The van der Waals surface area contributed by atoms with Crippen LogP contribution in [0.1, 0.15) is 0 Å². The van der Waals surface area contributed by atoms with Crippen molar-refractivity contribution in [1.29, 1.82) is 0 Å². The fourth-order valence-corrected chi connectivity index (χ4v) is 4.38. The van der Waals surface area contributed by atoms with E-state index in [9.17, 15) is 9.59 Å². The zero-order chi connectivity index (χ0) is 33.7. The molecule has 0 saturated carbocycles. The second kappa shape index (κ2) is 15.9. The number of rotatable bonds is 10. The van der Waals surface area contributed by atoms with Crippen molar-refractivity contribution in [2.45, 2.75) is 0 Å². The summed E-state index contributed by atoms with van der Waals surface area (Å²) in [5, 5.41) is 28.0. The van der Waals surface area contributed by atoms with E-state index in [-0.39, 0.29) is 12.1 Å². The Labute approximate surface area is 282 Å². The minimum atomic E-state index is -0.387. The molecule has 0 aliphatic heterocycles. The third-order valence-corrected chi connectivity index (χ3v) is 6.78. The lowest BCUT2D eigenvalue weighted by Gasteiger charge is -2.11. The number of carbonyl (C=O) groups excluding carboxylic acids is 2. The van der Waals surface area contributed by atoms with Gasteiger partial charge in [0, 0.05) is 22.7 Å². The minimum absolute atomic E-state index is 0.387.